The molecule has 2 aliphatic carbocycles. The molecule has 4 atom stereocenters. The monoisotopic (exact) mass is 178 g/mol. The highest BCUT2D eigenvalue weighted by atomic mass is 16.6. The predicted octanol–water partition coefficient (Wildman–Crippen LogP) is 2.91. The van der Waals surface area contributed by atoms with Crippen molar-refractivity contribution < 1.29 is 4.74 Å². The SMILES string of the molecule is CC1=C(C)C2(C)C3(C)OC3(C)C12C. The molecule has 0 aromatic rings. The van der Waals surface area contributed by atoms with Crippen molar-refractivity contribution in [1.82, 2.24) is 0 Å². The molecule has 13 heavy (non-hydrogen) atoms. The van der Waals surface area contributed by atoms with Crippen LogP contribution in [0.1, 0.15) is 41.5 Å². The van der Waals surface area contributed by atoms with E-state index < -0.39 is 0 Å². The van der Waals surface area contributed by atoms with Crippen LogP contribution in [0.4, 0.5) is 0 Å². The second kappa shape index (κ2) is 1.42. The Balaban J connectivity index is 2.25. The van der Waals surface area contributed by atoms with Gasteiger partial charge in [-0.25, -0.2) is 0 Å². The maximum atomic E-state index is 6.00. The zero-order valence-electron chi connectivity index (χ0n) is 9.41. The quantitative estimate of drug-likeness (QED) is 0.410. The van der Waals surface area contributed by atoms with Gasteiger partial charge in [-0.15, -0.1) is 0 Å². The van der Waals surface area contributed by atoms with E-state index in [-0.39, 0.29) is 11.2 Å². The summed E-state index contributed by atoms with van der Waals surface area (Å²) < 4.78 is 6.00. The second-order valence-corrected chi connectivity index (χ2v) is 5.67. The minimum Gasteiger partial charge on any atom is -0.361 e. The van der Waals surface area contributed by atoms with Crippen LogP contribution in [0.25, 0.3) is 0 Å². The summed E-state index contributed by atoms with van der Waals surface area (Å²) in [6, 6.07) is 0. The molecular formula is C12H18O. The van der Waals surface area contributed by atoms with E-state index in [4.69, 9.17) is 4.74 Å². The Bertz CT molecular complexity index is 335. The third-order valence-electron chi connectivity index (χ3n) is 6.25. The Labute approximate surface area is 80.2 Å². The normalized spacial score (nSPS) is 67.8. The van der Waals surface area contributed by atoms with Gasteiger partial charge in [0.25, 0.3) is 0 Å². The van der Waals surface area contributed by atoms with Gasteiger partial charge in [0.15, 0.2) is 0 Å². The summed E-state index contributed by atoms with van der Waals surface area (Å²) in [6.45, 7) is 13.8. The first-order valence-corrected chi connectivity index (χ1v) is 5.16. The highest BCUT2D eigenvalue weighted by Gasteiger charge is 2.97. The summed E-state index contributed by atoms with van der Waals surface area (Å²) in [4.78, 5) is 0. The number of rotatable bonds is 0. The van der Waals surface area contributed by atoms with Crippen molar-refractivity contribution in [1.29, 1.82) is 0 Å². The zero-order chi connectivity index (χ0) is 9.86. The molecule has 3 aliphatic rings. The average molecular weight is 178 g/mol. The van der Waals surface area contributed by atoms with E-state index in [1.54, 1.807) is 11.1 Å². The van der Waals surface area contributed by atoms with Gasteiger partial charge in [0.2, 0.25) is 0 Å². The smallest absolute Gasteiger partial charge is 0.106 e. The van der Waals surface area contributed by atoms with E-state index >= 15 is 0 Å². The third kappa shape index (κ3) is 0.355. The lowest BCUT2D eigenvalue weighted by atomic mass is 9.30. The molecule has 3 rings (SSSR count). The van der Waals surface area contributed by atoms with E-state index in [1.165, 1.54) is 0 Å². The molecule has 1 nitrogen and oxygen atoms in total. The molecule has 1 heterocycles. The molecule has 0 radical (unpaired) electrons. The highest BCUT2D eigenvalue weighted by Crippen LogP contribution is 2.90. The first-order chi connectivity index (χ1) is 5.77. The van der Waals surface area contributed by atoms with E-state index in [0.717, 1.165) is 0 Å². The summed E-state index contributed by atoms with van der Waals surface area (Å²) >= 11 is 0. The third-order valence-corrected chi connectivity index (χ3v) is 6.25. The van der Waals surface area contributed by atoms with Crippen LogP contribution in [-0.4, -0.2) is 11.2 Å². The summed E-state index contributed by atoms with van der Waals surface area (Å²) in [7, 11) is 0. The van der Waals surface area contributed by atoms with E-state index in [1.807, 2.05) is 0 Å². The van der Waals surface area contributed by atoms with Crippen LogP contribution >= 0.6 is 0 Å². The minimum absolute atomic E-state index is 0.137. The minimum atomic E-state index is 0.137. The first-order valence-electron chi connectivity index (χ1n) is 5.16. The summed E-state index contributed by atoms with van der Waals surface area (Å²) in [5.74, 6) is 0. The summed E-state index contributed by atoms with van der Waals surface area (Å²) in [5, 5.41) is 0. The van der Waals surface area contributed by atoms with Gasteiger partial charge in [0.1, 0.15) is 11.2 Å². The van der Waals surface area contributed by atoms with Crippen molar-refractivity contribution in [2.24, 2.45) is 10.8 Å². The lowest BCUT2D eigenvalue weighted by Gasteiger charge is -2.69. The van der Waals surface area contributed by atoms with Crippen molar-refractivity contribution >= 4 is 0 Å². The van der Waals surface area contributed by atoms with Crippen molar-refractivity contribution in [2.45, 2.75) is 52.7 Å². The molecule has 1 saturated carbocycles. The summed E-state index contributed by atoms with van der Waals surface area (Å²) in [6.07, 6.45) is 0. The van der Waals surface area contributed by atoms with Crippen LogP contribution in [0.2, 0.25) is 0 Å². The molecular weight excluding hydrogens is 160 g/mol. The van der Waals surface area contributed by atoms with Gasteiger partial charge in [0.05, 0.1) is 0 Å². The van der Waals surface area contributed by atoms with E-state index in [0.29, 0.717) is 10.8 Å². The van der Waals surface area contributed by atoms with Crippen molar-refractivity contribution in [3.05, 3.63) is 11.1 Å². The molecule has 72 valence electrons. The molecule has 2 fully saturated rings. The van der Waals surface area contributed by atoms with E-state index in [2.05, 4.69) is 41.5 Å². The number of hydrogen-bond acceptors (Lipinski definition) is 1. The molecule has 0 amide bonds. The highest BCUT2D eigenvalue weighted by molar-refractivity contribution is 5.61. The lowest BCUT2D eigenvalue weighted by Crippen LogP contribution is -2.73. The summed E-state index contributed by atoms with van der Waals surface area (Å²) in [5.41, 5.74) is 4.04. The fraction of sp³-hybridized carbons (Fsp3) is 0.833. The Morgan fingerprint density at radius 3 is 1.38 bits per heavy atom. The molecule has 0 aromatic heterocycles. The van der Waals surface area contributed by atoms with Gasteiger partial charge in [-0.05, 0) is 27.7 Å². The standard InChI is InChI=1S/C12H18O/c1-7-8(2)10(4)9(7,3)11(5)12(10,6)13-11/h1-6H3. The lowest BCUT2D eigenvalue weighted by molar-refractivity contribution is -0.0661. The number of hydrogen-bond donors (Lipinski definition) is 0. The molecule has 0 spiro atoms. The Kier molecular flexibility index (Phi) is 0.880. The van der Waals surface area contributed by atoms with Crippen LogP contribution < -0.4 is 0 Å². The fourth-order valence-electron chi connectivity index (χ4n) is 4.59. The van der Waals surface area contributed by atoms with Gasteiger partial charge >= 0.3 is 0 Å². The Morgan fingerprint density at radius 1 is 0.769 bits per heavy atom. The van der Waals surface area contributed by atoms with Crippen LogP contribution in [0.5, 0.6) is 0 Å². The zero-order valence-corrected chi connectivity index (χ0v) is 9.41. The van der Waals surface area contributed by atoms with Gasteiger partial charge in [-0.1, -0.05) is 25.0 Å². The number of epoxide rings is 1. The number of ether oxygens (including phenoxy) is 1. The second-order valence-electron chi connectivity index (χ2n) is 5.67. The maximum absolute atomic E-state index is 6.00. The predicted molar refractivity (Wildman–Crippen MR) is 52.5 cm³/mol. The van der Waals surface area contributed by atoms with Crippen LogP contribution in [0.3, 0.4) is 0 Å². The van der Waals surface area contributed by atoms with Gasteiger partial charge in [-0.3, -0.25) is 0 Å². The van der Waals surface area contributed by atoms with Crippen molar-refractivity contribution in [2.75, 3.05) is 0 Å². The molecule has 4 unspecified atom stereocenters. The maximum Gasteiger partial charge on any atom is 0.106 e. The topological polar surface area (TPSA) is 12.5 Å². The largest absolute Gasteiger partial charge is 0.361 e. The van der Waals surface area contributed by atoms with Gasteiger partial charge in [-0.2, -0.15) is 0 Å². The Hall–Kier alpha value is -0.300. The van der Waals surface area contributed by atoms with Crippen molar-refractivity contribution in [3.8, 4) is 0 Å². The van der Waals surface area contributed by atoms with Crippen LogP contribution in [0, 0.1) is 10.8 Å². The van der Waals surface area contributed by atoms with Crippen molar-refractivity contribution in [3.63, 3.8) is 0 Å². The Morgan fingerprint density at radius 2 is 1.08 bits per heavy atom. The van der Waals surface area contributed by atoms with Crippen LogP contribution in [-0.2, 0) is 4.74 Å². The molecule has 0 aromatic carbocycles. The molecule has 1 aliphatic heterocycles. The van der Waals surface area contributed by atoms with Crippen LogP contribution in [0.15, 0.2) is 11.1 Å². The van der Waals surface area contributed by atoms with E-state index in [9.17, 15) is 0 Å². The van der Waals surface area contributed by atoms with Gasteiger partial charge < -0.3 is 4.74 Å². The van der Waals surface area contributed by atoms with Gasteiger partial charge in [0, 0.05) is 10.8 Å². The fourth-order valence-corrected chi connectivity index (χ4v) is 4.59. The molecule has 0 N–H and O–H groups in total. The average Bonchev–Trinajstić information content (AvgIpc) is 2.64. The molecule has 0 bridgehead atoms. The number of fused-ring (bicyclic) bond motifs is 4. The first kappa shape index (κ1) is 8.05. The molecule has 1 saturated heterocycles. The molecule has 1 heteroatoms.